The quantitative estimate of drug-likeness (QED) is 0.627. The van der Waals surface area contributed by atoms with Crippen LogP contribution < -0.4 is 10.9 Å². The molecule has 0 aliphatic carbocycles. The molecule has 0 unspecified atom stereocenters. The zero-order chi connectivity index (χ0) is 17.5. The van der Waals surface area contributed by atoms with Gasteiger partial charge in [0.05, 0.1) is 6.54 Å². The number of benzene rings is 1. The van der Waals surface area contributed by atoms with Gasteiger partial charge in [-0.3, -0.25) is 20.4 Å². The van der Waals surface area contributed by atoms with Crippen molar-refractivity contribution < 1.29 is 9.59 Å². The molecular weight excluding hydrogens is 316 g/mol. The Labute approximate surface area is 145 Å². The molecule has 126 valence electrons. The minimum Gasteiger partial charge on any atom is -0.346 e. The third-order valence-electron chi connectivity index (χ3n) is 3.64. The van der Waals surface area contributed by atoms with Crippen molar-refractivity contribution in [2.45, 2.75) is 6.42 Å². The maximum Gasteiger partial charge on any atom is 0.267 e. The van der Waals surface area contributed by atoms with Crippen LogP contribution in [0.1, 0.15) is 16.8 Å². The first-order valence-corrected chi connectivity index (χ1v) is 7.91. The maximum atomic E-state index is 12.3. The summed E-state index contributed by atoms with van der Waals surface area (Å²) in [6.45, 7) is 0.185. The summed E-state index contributed by atoms with van der Waals surface area (Å²) in [5.74, 6) is 0.292. The first kappa shape index (κ1) is 16.4. The number of rotatable bonds is 6. The Morgan fingerprint density at radius 3 is 2.64 bits per heavy atom. The van der Waals surface area contributed by atoms with Crippen LogP contribution in [0.4, 0.5) is 5.82 Å². The Bertz CT molecular complexity index is 801. The number of hydrogen-bond donors (Lipinski definition) is 2. The predicted octanol–water partition coefficient (Wildman–Crippen LogP) is 2.51. The van der Waals surface area contributed by atoms with Gasteiger partial charge in [0.2, 0.25) is 0 Å². The molecule has 1 aromatic carbocycles. The Hall–Kier alpha value is -3.41. The molecule has 1 aliphatic rings. The molecule has 0 fully saturated rings. The average Bonchev–Trinajstić information content (AvgIpc) is 2.68. The molecule has 0 radical (unpaired) electrons. The number of nitrogens with zero attached hydrogens (tertiary/aromatic N) is 2. The van der Waals surface area contributed by atoms with Gasteiger partial charge >= 0.3 is 0 Å². The summed E-state index contributed by atoms with van der Waals surface area (Å²) < 4.78 is 0. The SMILES string of the molecule is O=C(NNc1ccccn1)C1=CN(CC(=O)c2ccccc2)C=CC1. The molecule has 6 heteroatoms. The van der Waals surface area contributed by atoms with E-state index in [0.29, 0.717) is 23.4 Å². The first-order valence-electron chi connectivity index (χ1n) is 7.91. The number of amides is 1. The fourth-order valence-electron chi connectivity index (χ4n) is 2.38. The fourth-order valence-corrected chi connectivity index (χ4v) is 2.38. The molecular formula is C19H18N4O2. The number of allylic oxidation sites excluding steroid dienone is 1. The number of carbonyl (C=O) groups is 2. The van der Waals surface area contributed by atoms with Crippen LogP contribution in [-0.4, -0.2) is 28.1 Å². The van der Waals surface area contributed by atoms with Crippen LogP contribution in [0, 0.1) is 0 Å². The lowest BCUT2D eigenvalue weighted by atomic mass is 10.1. The maximum absolute atomic E-state index is 12.3. The summed E-state index contributed by atoms with van der Waals surface area (Å²) in [6.07, 6.45) is 7.49. The van der Waals surface area contributed by atoms with E-state index in [2.05, 4.69) is 15.8 Å². The van der Waals surface area contributed by atoms with Crippen LogP contribution in [0.25, 0.3) is 0 Å². The Kier molecular flexibility index (Phi) is 5.21. The van der Waals surface area contributed by atoms with Gasteiger partial charge < -0.3 is 4.90 Å². The Balaban J connectivity index is 1.59. The highest BCUT2D eigenvalue weighted by Gasteiger charge is 2.15. The summed E-state index contributed by atoms with van der Waals surface area (Å²) >= 11 is 0. The molecule has 6 nitrogen and oxygen atoms in total. The molecule has 1 amide bonds. The van der Waals surface area contributed by atoms with Crippen molar-refractivity contribution >= 4 is 17.5 Å². The van der Waals surface area contributed by atoms with Crippen molar-refractivity contribution in [1.82, 2.24) is 15.3 Å². The number of anilines is 1. The van der Waals surface area contributed by atoms with E-state index < -0.39 is 0 Å². The van der Waals surface area contributed by atoms with Crippen LogP contribution in [0.2, 0.25) is 0 Å². The van der Waals surface area contributed by atoms with E-state index in [0.717, 1.165) is 0 Å². The monoisotopic (exact) mass is 334 g/mol. The molecule has 2 heterocycles. The molecule has 2 aromatic rings. The van der Waals surface area contributed by atoms with Crippen LogP contribution in [0.15, 0.2) is 78.8 Å². The number of pyridine rings is 1. The largest absolute Gasteiger partial charge is 0.346 e. The molecule has 0 saturated heterocycles. The average molecular weight is 334 g/mol. The number of aromatic nitrogens is 1. The highest BCUT2D eigenvalue weighted by Crippen LogP contribution is 2.13. The van der Waals surface area contributed by atoms with Crippen molar-refractivity contribution in [1.29, 1.82) is 0 Å². The third kappa shape index (κ3) is 4.54. The Morgan fingerprint density at radius 1 is 1.08 bits per heavy atom. The van der Waals surface area contributed by atoms with Crippen LogP contribution in [0.5, 0.6) is 0 Å². The second-order valence-electron chi connectivity index (χ2n) is 5.50. The van der Waals surface area contributed by atoms with Gasteiger partial charge in [0.15, 0.2) is 5.78 Å². The van der Waals surface area contributed by atoms with Gasteiger partial charge in [0.1, 0.15) is 5.82 Å². The van der Waals surface area contributed by atoms with Crippen molar-refractivity contribution in [2.75, 3.05) is 12.0 Å². The second-order valence-corrected chi connectivity index (χ2v) is 5.50. The van der Waals surface area contributed by atoms with Gasteiger partial charge in [0.25, 0.3) is 5.91 Å². The summed E-state index contributed by atoms with van der Waals surface area (Å²) in [5.41, 5.74) is 6.58. The minimum absolute atomic E-state index is 0.00484. The summed E-state index contributed by atoms with van der Waals surface area (Å²) in [4.78, 5) is 30.3. The van der Waals surface area contributed by atoms with Crippen molar-refractivity contribution in [2.24, 2.45) is 0 Å². The fraction of sp³-hybridized carbons (Fsp3) is 0.105. The zero-order valence-electron chi connectivity index (χ0n) is 13.6. The van der Waals surface area contributed by atoms with Gasteiger partial charge in [-0.15, -0.1) is 0 Å². The molecule has 3 rings (SSSR count). The molecule has 0 saturated carbocycles. The van der Waals surface area contributed by atoms with Gasteiger partial charge in [-0.05, 0) is 18.6 Å². The highest BCUT2D eigenvalue weighted by molar-refractivity contribution is 5.98. The number of nitrogens with one attached hydrogen (secondary N) is 2. The van der Waals surface area contributed by atoms with E-state index in [1.165, 1.54) is 0 Å². The number of hydrogen-bond acceptors (Lipinski definition) is 5. The van der Waals surface area contributed by atoms with E-state index >= 15 is 0 Å². The smallest absolute Gasteiger partial charge is 0.267 e. The standard InChI is InChI=1S/C19H18N4O2/c24-17(15-7-2-1-3-8-15)14-23-12-6-9-16(13-23)19(25)22-21-18-10-4-5-11-20-18/h1-8,10-13H,9,14H2,(H,20,21)(H,22,25). The van der Waals surface area contributed by atoms with Crippen molar-refractivity contribution in [3.63, 3.8) is 0 Å². The molecule has 1 aliphatic heterocycles. The lowest BCUT2D eigenvalue weighted by Gasteiger charge is -2.20. The lowest BCUT2D eigenvalue weighted by molar-refractivity contribution is -0.117. The minimum atomic E-state index is -0.257. The third-order valence-corrected chi connectivity index (χ3v) is 3.64. The first-order chi connectivity index (χ1) is 12.2. The second kappa shape index (κ2) is 7.92. The Morgan fingerprint density at radius 2 is 1.88 bits per heavy atom. The summed E-state index contributed by atoms with van der Waals surface area (Å²) in [5, 5.41) is 0. The normalized spacial score (nSPS) is 13.1. The van der Waals surface area contributed by atoms with Crippen LogP contribution >= 0.6 is 0 Å². The van der Waals surface area contributed by atoms with Gasteiger partial charge in [-0.1, -0.05) is 42.5 Å². The molecule has 0 bridgehead atoms. The topological polar surface area (TPSA) is 74.3 Å². The van der Waals surface area contributed by atoms with Crippen molar-refractivity contribution in [3.05, 3.63) is 84.3 Å². The molecule has 25 heavy (non-hydrogen) atoms. The van der Waals surface area contributed by atoms with E-state index in [1.54, 1.807) is 41.6 Å². The predicted molar refractivity (Wildman–Crippen MR) is 95.3 cm³/mol. The number of Topliss-reactive ketones (excluding diaryl/α,β-unsaturated/α-hetero) is 1. The van der Waals surface area contributed by atoms with Gasteiger partial charge in [-0.25, -0.2) is 4.98 Å². The van der Waals surface area contributed by atoms with E-state index in [1.807, 2.05) is 36.5 Å². The van der Waals surface area contributed by atoms with E-state index in [9.17, 15) is 9.59 Å². The summed E-state index contributed by atoms with van der Waals surface area (Å²) in [6, 6.07) is 14.5. The molecule has 0 spiro atoms. The number of hydrazine groups is 1. The molecule has 1 aromatic heterocycles. The zero-order valence-corrected chi connectivity index (χ0v) is 13.6. The van der Waals surface area contributed by atoms with Crippen LogP contribution in [-0.2, 0) is 4.79 Å². The number of ketones is 1. The number of carbonyl (C=O) groups excluding carboxylic acids is 2. The molecule has 0 atom stereocenters. The van der Waals surface area contributed by atoms with Crippen molar-refractivity contribution in [3.8, 4) is 0 Å². The van der Waals surface area contributed by atoms with Crippen LogP contribution in [0.3, 0.4) is 0 Å². The highest BCUT2D eigenvalue weighted by atomic mass is 16.2. The van der Waals surface area contributed by atoms with Gasteiger partial charge in [-0.2, -0.15) is 0 Å². The molecule has 2 N–H and O–H groups in total. The van der Waals surface area contributed by atoms with E-state index in [4.69, 9.17) is 0 Å². The van der Waals surface area contributed by atoms with Gasteiger partial charge in [0, 0.05) is 29.7 Å². The van der Waals surface area contributed by atoms with E-state index in [-0.39, 0.29) is 18.2 Å². The summed E-state index contributed by atoms with van der Waals surface area (Å²) in [7, 11) is 0. The lowest BCUT2D eigenvalue weighted by Crippen LogP contribution is -2.33.